The predicted octanol–water partition coefficient (Wildman–Crippen LogP) is 3.45. The molecule has 0 aliphatic carbocycles. The van der Waals surface area contributed by atoms with E-state index in [1.807, 2.05) is 0 Å². The number of benzene rings is 1. The molecule has 112 valence electrons. The van der Waals surface area contributed by atoms with E-state index >= 15 is 0 Å². The minimum atomic E-state index is -4.61. The fraction of sp³-hybridized carbons (Fsp3) is 0.0714. The van der Waals surface area contributed by atoms with Gasteiger partial charge in [0.25, 0.3) is 0 Å². The molecule has 0 saturated heterocycles. The molecule has 0 unspecified atom stereocenters. The Balaban J connectivity index is 2.40. The third-order valence-electron chi connectivity index (χ3n) is 3.01. The van der Waals surface area contributed by atoms with Crippen LogP contribution in [0.2, 0.25) is 5.02 Å². The molecule has 0 spiro atoms. The number of hydrogen-bond acceptors (Lipinski definition) is 3. The molecule has 0 fully saturated rings. The van der Waals surface area contributed by atoms with E-state index in [1.54, 1.807) is 12.1 Å². The average Bonchev–Trinajstić information content (AvgIpc) is 2.47. The molecule has 2 aromatic heterocycles. The van der Waals surface area contributed by atoms with Crippen molar-refractivity contribution < 1.29 is 13.2 Å². The summed E-state index contributed by atoms with van der Waals surface area (Å²) in [5.41, 5.74) is -1.78. The molecule has 8 heteroatoms. The van der Waals surface area contributed by atoms with Crippen LogP contribution in [0.25, 0.3) is 16.7 Å². The zero-order chi connectivity index (χ0) is 15.9. The summed E-state index contributed by atoms with van der Waals surface area (Å²) in [6.07, 6.45) is -3.43. The van der Waals surface area contributed by atoms with Crippen molar-refractivity contribution in [1.29, 1.82) is 0 Å². The van der Waals surface area contributed by atoms with Crippen molar-refractivity contribution in [3.05, 3.63) is 63.8 Å². The zero-order valence-corrected chi connectivity index (χ0v) is 11.6. The maximum absolute atomic E-state index is 12.8. The van der Waals surface area contributed by atoms with Crippen molar-refractivity contribution in [2.24, 2.45) is 0 Å². The van der Waals surface area contributed by atoms with Crippen molar-refractivity contribution in [3.8, 4) is 5.69 Å². The molecule has 0 aliphatic heterocycles. The Morgan fingerprint density at radius 2 is 1.82 bits per heavy atom. The lowest BCUT2D eigenvalue weighted by Gasteiger charge is -2.12. The van der Waals surface area contributed by atoms with Gasteiger partial charge in [-0.25, -0.2) is 19.3 Å². The van der Waals surface area contributed by atoms with Gasteiger partial charge in [-0.3, -0.25) is 0 Å². The van der Waals surface area contributed by atoms with E-state index in [0.717, 1.165) is 10.6 Å². The van der Waals surface area contributed by atoms with Crippen LogP contribution in [0.4, 0.5) is 13.2 Å². The first kappa shape index (κ1) is 14.5. The molecule has 4 nitrogen and oxygen atoms in total. The van der Waals surface area contributed by atoms with Gasteiger partial charge in [0.1, 0.15) is 5.69 Å². The quantitative estimate of drug-likeness (QED) is 0.688. The molecule has 22 heavy (non-hydrogen) atoms. The maximum atomic E-state index is 12.8. The molecule has 0 atom stereocenters. The second-order valence-corrected chi connectivity index (χ2v) is 4.84. The number of nitrogens with zero attached hydrogens (tertiary/aromatic N) is 3. The number of alkyl halides is 3. The van der Waals surface area contributed by atoms with Crippen LogP contribution in [-0.2, 0) is 6.18 Å². The normalized spacial score (nSPS) is 11.8. The fourth-order valence-corrected chi connectivity index (χ4v) is 2.24. The minimum absolute atomic E-state index is 0.150. The van der Waals surface area contributed by atoms with Crippen LogP contribution < -0.4 is 5.69 Å². The largest absolute Gasteiger partial charge is 0.433 e. The van der Waals surface area contributed by atoms with Gasteiger partial charge < -0.3 is 0 Å². The van der Waals surface area contributed by atoms with Gasteiger partial charge in [-0.2, -0.15) is 13.2 Å². The van der Waals surface area contributed by atoms with Gasteiger partial charge in [0, 0.05) is 11.6 Å². The third-order valence-corrected chi connectivity index (χ3v) is 3.33. The summed E-state index contributed by atoms with van der Waals surface area (Å²) in [7, 11) is 0. The maximum Gasteiger partial charge on any atom is 0.433 e. The number of pyridine rings is 1. The van der Waals surface area contributed by atoms with Gasteiger partial charge in [-0.15, -0.1) is 0 Å². The van der Waals surface area contributed by atoms with Gasteiger partial charge in [0.2, 0.25) is 0 Å². The first-order chi connectivity index (χ1) is 10.4. The average molecular weight is 326 g/mol. The number of aromatic nitrogens is 3. The van der Waals surface area contributed by atoms with Crippen molar-refractivity contribution >= 4 is 22.6 Å². The third kappa shape index (κ3) is 2.43. The molecular weight excluding hydrogens is 319 g/mol. The predicted molar refractivity (Wildman–Crippen MR) is 75.1 cm³/mol. The highest BCUT2D eigenvalue weighted by atomic mass is 35.5. The highest BCUT2D eigenvalue weighted by Gasteiger charge is 2.33. The molecule has 0 bridgehead atoms. The Morgan fingerprint density at radius 3 is 2.50 bits per heavy atom. The van der Waals surface area contributed by atoms with E-state index in [2.05, 4.69) is 9.97 Å². The van der Waals surface area contributed by atoms with Gasteiger partial charge in [-0.1, -0.05) is 23.7 Å². The highest BCUT2D eigenvalue weighted by molar-refractivity contribution is 6.32. The lowest BCUT2D eigenvalue weighted by Crippen LogP contribution is -2.23. The lowest BCUT2D eigenvalue weighted by molar-refractivity contribution is -0.141. The van der Waals surface area contributed by atoms with E-state index in [4.69, 9.17) is 11.6 Å². The molecule has 3 aromatic rings. The van der Waals surface area contributed by atoms with Gasteiger partial charge in [0.15, 0.2) is 5.65 Å². The Morgan fingerprint density at radius 1 is 1.09 bits per heavy atom. The molecule has 1 aromatic carbocycles. The molecule has 0 aliphatic rings. The van der Waals surface area contributed by atoms with Gasteiger partial charge in [0.05, 0.1) is 10.7 Å². The standard InChI is InChI=1S/C14H7ClF3N3O/c15-9-3-1-2-4-10(9)21-12-8(7-19-13(21)22)5-6-11(20-12)14(16,17)18/h1-7H. The fourth-order valence-electron chi connectivity index (χ4n) is 2.02. The SMILES string of the molecule is O=c1ncc2ccc(C(F)(F)F)nc2n1-c1ccccc1Cl. The van der Waals surface area contributed by atoms with Crippen LogP contribution in [0.1, 0.15) is 5.69 Å². The second-order valence-electron chi connectivity index (χ2n) is 4.43. The van der Waals surface area contributed by atoms with Gasteiger partial charge >= 0.3 is 11.9 Å². The number of halogens is 4. The van der Waals surface area contributed by atoms with Crippen LogP contribution >= 0.6 is 11.6 Å². The van der Waals surface area contributed by atoms with E-state index in [9.17, 15) is 18.0 Å². The van der Waals surface area contributed by atoms with Crippen LogP contribution in [0, 0.1) is 0 Å². The van der Waals surface area contributed by atoms with Crippen molar-refractivity contribution in [3.63, 3.8) is 0 Å². The number of rotatable bonds is 1. The summed E-state index contributed by atoms with van der Waals surface area (Å²) < 4.78 is 39.5. The summed E-state index contributed by atoms with van der Waals surface area (Å²) >= 11 is 6.02. The number of fused-ring (bicyclic) bond motifs is 1. The Kier molecular flexibility index (Phi) is 3.37. The van der Waals surface area contributed by atoms with Crippen LogP contribution in [-0.4, -0.2) is 14.5 Å². The van der Waals surface area contributed by atoms with Gasteiger partial charge in [-0.05, 0) is 24.3 Å². The van der Waals surface area contributed by atoms with Crippen LogP contribution in [0.5, 0.6) is 0 Å². The van der Waals surface area contributed by atoms with E-state index in [1.165, 1.54) is 24.4 Å². The van der Waals surface area contributed by atoms with Crippen molar-refractivity contribution in [2.75, 3.05) is 0 Å². The lowest BCUT2D eigenvalue weighted by atomic mass is 10.2. The topological polar surface area (TPSA) is 47.8 Å². The molecule has 0 N–H and O–H groups in total. The number of hydrogen-bond donors (Lipinski definition) is 0. The summed E-state index contributed by atoms with van der Waals surface area (Å²) in [5, 5.41) is 0.505. The molecule has 3 rings (SSSR count). The van der Waals surface area contributed by atoms with Crippen LogP contribution in [0.15, 0.2) is 47.4 Å². The smallest absolute Gasteiger partial charge is 0.245 e. The Bertz CT molecular complexity index is 921. The molecule has 0 radical (unpaired) electrons. The van der Waals surface area contributed by atoms with E-state index in [0.29, 0.717) is 5.39 Å². The summed E-state index contributed by atoms with van der Waals surface area (Å²) in [6.45, 7) is 0. The van der Waals surface area contributed by atoms with Crippen LogP contribution in [0.3, 0.4) is 0 Å². The summed E-state index contributed by atoms with van der Waals surface area (Å²) in [5.74, 6) is 0. The van der Waals surface area contributed by atoms with Crippen molar-refractivity contribution in [2.45, 2.75) is 6.18 Å². The molecule has 0 saturated carbocycles. The molecule has 0 amide bonds. The first-order valence-electron chi connectivity index (χ1n) is 6.09. The zero-order valence-electron chi connectivity index (χ0n) is 10.8. The summed E-state index contributed by atoms with van der Waals surface area (Å²) in [6, 6.07) is 8.34. The highest BCUT2D eigenvalue weighted by Crippen LogP contribution is 2.29. The monoisotopic (exact) mass is 325 g/mol. The molecular formula is C14H7ClF3N3O. The first-order valence-corrected chi connectivity index (χ1v) is 6.46. The summed E-state index contributed by atoms with van der Waals surface area (Å²) in [4.78, 5) is 19.2. The number of para-hydroxylation sites is 1. The molecule has 2 heterocycles. The van der Waals surface area contributed by atoms with Crippen molar-refractivity contribution in [1.82, 2.24) is 14.5 Å². The van der Waals surface area contributed by atoms with E-state index in [-0.39, 0.29) is 16.4 Å². The second kappa shape index (κ2) is 5.10. The Labute approximate surface area is 126 Å². The Hall–Kier alpha value is -2.41. The minimum Gasteiger partial charge on any atom is -0.245 e. The van der Waals surface area contributed by atoms with E-state index < -0.39 is 17.6 Å².